The van der Waals surface area contributed by atoms with Gasteiger partial charge in [-0.1, -0.05) is 55.4 Å². The highest BCUT2D eigenvalue weighted by molar-refractivity contribution is 7.89. The van der Waals surface area contributed by atoms with Crippen LogP contribution in [-0.2, 0) is 14.8 Å². The van der Waals surface area contributed by atoms with Gasteiger partial charge in [0, 0.05) is 18.0 Å². The quantitative estimate of drug-likeness (QED) is 0.672. The van der Waals surface area contributed by atoms with E-state index in [2.05, 4.69) is 15.0 Å². The van der Waals surface area contributed by atoms with E-state index in [-0.39, 0.29) is 29.7 Å². The highest BCUT2D eigenvalue weighted by atomic mass is 32.2. The fourth-order valence-corrected chi connectivity index (χ4v) is 4.61. The summed E-state index contributed by atoms with van der Waals surface area (Å²) in [5, 5.41) is 7.61. The second-order valence-corrected chi connectivity index (χ2v) is 8.51. The number of rotatable bonds is 7. The Hall–Kier alpha value is -2.71. The van der Waals surface area contributed by atoms with Crippen molar-refractivity contribution in [3.63, 3.8) is 0 Å². The second-order valence-electron chi connectivity index (χ2n) is 6.60. The molecule has 0 aliphatic rings. The van der Waals surface area contributed by atoms with Crippen molar-refractivity contribution in [2.75, 3.05) is 18.4 Å². The number of benzene rings is 2. The molecule has 1 amide bonds. The normalized spacial score (nSPS) is 12.0. The minimum absolute atomic E-state index is 0.0506. The molecule has 142 valence electrons. The Morgan fingerprint density at radius 3 is 2.59 bits per heavy atom. The second kappa shape index (κ2) is 7.89. The fourth-order valence-electron chi connectivity index (χ4n) is 2.83. The molecular formula is C19H21N3O4S. The van der Waals surface area contributed by atoms with Crippen LogP contribution < -0.4 is 5.32 Å². The number of carbonyl (C=O) groups is 1. The number of amides is 1. The third-order valence-electron chi connectivity index (χ3n) is 3.96. The number of aromatic nitrogens is 1. The van der Waals surface area contributed by atoms with Crippen molar-refractivity contribution in [1.82, 2.24) is 9.46 Å². The molecule has 3 rings (SSSR count). The van der Waals surface area contributed by atoms with E-state index in [0.29, 0.717) is 5.39 Å². The van der Waals surface area contributed by atoms with Gasteiger partial charge in [0.15, 0.2) is 5.82 Å². The first-order chi connectivity index (χ1) is 12.9. The molecule has 0 spiro atoms. The lowest BCUT2D eigenvalue weighted by molar-refractivity contribution is -0.116. The molecule has 8 heteroatoms. The first-order valence-electron chi connectivity index (χ1n) is 8.56. The van der Waals surface area contributed by atoms with Crippen LogP contribution in [0, 0.1) is 5.92 Å². The molecule has 0 aliphatic carbocycles. The summed E-state index contributed by atoms with van der Waals surface area (Å²) >= 11 is 0. The van der Waals surface area contributed by atoms with Gasteiger partial charge < -0.3 is 9.84 Å². The van der Waals surface area contributed by atoms with Crippen LogP contribution in [0.15, 0.2) is 64.2 Å². The summed E-state index contributed by atoms with van der Waals surface area (Å²) in [6.07, 6.45) is 1.33. The summed E-state index contributed by atoms with van der Waals surface area (Å²) in [5.41, 5.74) is 0. The van der Waals surface area contributed by atoms with E-state index in [0.717, 1.165) is 5.39 Å². The van der Waals surface area contributed by atoms with Crippen LogP contribution in [0.1, 0.15) is 13.8 Å². The van der Waals surface area contributed by atoms with Gasteiger partial charge in [0.05, 0.1) is 11.4 Å². The zero-order chi connectivity index (χ0) is 19.4. The molecule has 1 N–H and O–H groups in total. The van der Waals surface area contributed by atoms with Crippen molar-refractivity contribution in [2.45, 2.75) is 18.7 Å². The monoisotopic (exact) mass is 387 g/mol. The molecule has 0 atom stereocenters. The highest BCUT2D eigenvalue weighted by Crippen LogP contribution is 2.26. The van der Waals surface area contributed by atoms with Crippen LogP contribution in [0.4, 0.5) is 5.82 Å². The largest absolute Gasteiger partial charge is 0.363 e. The van der Waals surface area contributed by atoms with Gasteiger partial charge in [0.25, 0.3) is 0 Å². The van der Waals surface area contributed by atoms with Crippen molar-refractivity contribution < 1.29 is 17.7 Å². The number of nitrogens with zero attached hydrogens (tertiary/aromatic N) is 2. The van der Waals surface area contributed by atoms with Crippen LogP contribution in [0.3, 0.4) is 0 Å². The number of nitrogens with one attached hydrogen (secondary N) is 1. The maximum atomic E-state index is 13.3. The number of hydrogen-bond donors (Lipinski definition) is 1. The van der Waals surface area contributed by atoms with Gasteiger partial charge in [0.1, 0.15) is 6.26 Å². The van der Waals surface area contributed by atoms with Crippen molar-refractivity contribution in [2.24, 2.45) is 5.92 Å². The first-order valence-corrected chi connectivity index (χ1v) is 10.00. The van der Waals surface area contributed by atoms with E-state index in [1.807, 2.05) is 32.0 Å². The van der Waals surface area contributed by atoms with E-state index < -0.39 is 15.9 Å². The summed E-state index contributed by atoms with van der Waals surface area (Å²) in [4.78, 5) is 12.5. The van der Waals surface area contributed by atoms with Crippen LogP contribution in [0.2, 0.25) is 0 Å². The third-order valence-corrected chi connectivity index (χ3v) is 5.83. The molecule has 7 nitrogen and oxygen atoms in total. The van der Waals surface area contributed by atoms with Gasteiger partial charge in [0.2, 0.25) is 15.9 Å². The van der Waals surface area contributed by atoms with Crippen molar-refractivity contribution in [3.05, 3.63) is 54.8 Å². The Morgan fingerprint density at radius 1 is 1.15 bits per heavy atom. The van der Waals surface area contributed by atoms with Gasteiger partial charge in [-0.15, -0.1) is 0 Å². The fraction of sp³-hybridized carbons (Fsp3) is 0.263. The van der Waals surface area contributed by atoms with Gasteiger partial charge in [-0.2, -0.15) is 4.31 Å². The highest BCUT2D eigenvalue weighted by Gasteiger charge is 2.29. The Morgan fingerprint density at radius 2 is 1.89 bits per heavy atom. The van der Waals surface area contributed by atoms with Crippen LogP contribution in [0.5, 0.6) is 0 Å². The third kappa shape index (κ3) is 4.35. The number of carbonyl (C=O) groups excluding carboxylic acids is 1. The molecular weight excluding hydrogens is 366 g/mol. The standard InChI is InChI=1S/C19H21N3O4S/c1-14(2)12-22(13-19(23)20-18-10-11-26-21-18)27(24,25)17-9-5-7-15-6-3-4-8-16(15)17/h3-11,14H,12-13H2,1-2H3,(H,20,21,23). The summed E-state index contributed by atoms with van der Waals surface area (Å²) < 4.78 is 32.5. The molecule has 0 fully saturated rings. The van der Waals surface area contributed by atoms with Crippen molar-refractivity contribution in [1.29, 1.82) is 0 Å². The molecule has 0 saturated carbocycles. The maximum Gasteiger partial charge on any atom is 0.244 e. The minimum atomic E-state index is -3.87. The SMILES string of the molecule is CC(C)CN(CC(=O)Nc1ccon1)S(=O)(=O)c1cccc2ccccc12. The van der Waals surface area contributed by atoms with Crippen LogP contribution in [-0.4, -0.2) is 36.9 Å². The van der Waals surface area contributed by atoms with E-state index in [1.165, 1.54) is 16.6 Å². The predicted octanol–water partition coefficient (Wildman–Crippen LogP) is 3.11. The lowest BCUT2D eigenvalue weighted by Gasteiger charge is -2.24. The maximum absolute atomic E-state index is 13.3. The predicted molar refractivity (Wildman–Crippen MR) is 103 cm³/mol. The molecule has 3 aromatic rings. The molecule has 27 heavy (non-hydrogen) atoms. The Kier molecular flexibility index (Phi) is 5.57. The number of sulfonamides is 1. The van der Waals surface area contributed by atoms with Crippen molar-refractivity contribution in [3.8, 4) is 0 Å². The van der Waals surface area contributed by atoms with Crippen molar-refractivity contribution >= 4 is 32.5 Å². The Balaban J connectivity index is 1.94. The summed E-state index contributed by atoms with van der Waals surface area (Å²) in [6, 6.07) is 13.9. The van der Waals surface area contributed by atoms with Gasteiger partial charge in [-0.3, -0.25) is 4.79 Å². The zero-order valence-corrected chi connectivity index (χ0v) is 15.9. The first kappa shape index (κ1) is 19.1. The van der Waals surface area contributed by atoms with Gasteiger partial charge in [-0.05, 0) is 17.4 Å². The van der Waals surface area contributed by atoms with Crippen LogP contribution in [0.25, 0.3) is 10.8 Å². The number of hydrogen-bond acceptors (Lipinski definition) is 5. The number of fused-ring (bicyclic) bond motifs is 1. The molecule has 0 aliphatic heterocycles. The topological polar surface area (TPSA) is 92.5 Å². The smallest absolute Gasteiger partial charge is 0.244 e. The Bertz CT molecular complexity index is 1020. The number of anilines is 1. The summed E-state index contributed by atoms with van der Waals surface area (Å²) in [5.74, 6) is -0.185. The van der Waals surface area contributed by atoms with Gasteiger partial charge >= 0.3 is 0 Å². The van der Waals surface area contributed by atoms with Gasteiger partial charge in [-0.25, -0.2) is 8.42 Å². The molecule has 1 aromatic heterocycles. The lowest BCUT2D eigenvalue weighted by Crippen LogP contribution is -2.40. The summed E-state index contributed by atoms with van der Waals surface area (Å²) in [7, 11) is -3.87. The van der Waals surface area contributed by atoms with E-state index in [9.17, 15) is 13.2 Å². The lowest BCUT2D eigenvalue weighted by atomic mass is 10.1. The van der Waals surface area contributed by atoms with Crippen LogP contribution >= 0.6 is 0 Å². The minimum Gasteiger partial charge on any atom is -0.363 e. The molecule has 0 unspecified atom stereocenters. The Labute approximate surface area is 158 Å². The molecule has 1 heterocycles. The average Bonchev–Trinajstić information content (AvgIpc) is 3.13. The molecule has 0 bridgehead atoms. The molecule has 0 radical (unpaired) electrons. The van der Waals surface area contributed by atoms with E-state index in [4.69, 9.17) is 0 Å². The zero-order valence-electron chi connectivity index (χ0n) is 15.1. The van der Waals surface area contributed by atoms with E-state index in [1.54, 1.807) is 24.3 Å². The molecule has 0 saturated heterocycles. The summed E-state index contributed by atoms with van der Waals surface area (Å²) in [6.45, 7) is 3.72. The van der Waals surface area contributed by atoms with E-state index >= 15 is 0 Å². The average molecular weight is 387 g/mol. The molecule has 2 aromatic carbocycles.